The van der Waals surface area contributed by atoms with Crippen molar-refractivity contribution in [1.29, 1.82) is 0 Å². The monoisotopic (exact) mass is 460 g/mol. The molecule has 0 radical (unpaired) electrons. The maximum Gasteiger partial charge on any atom is 0.226 e. The zero-order valence-electron chi connectivity index (χ0n) is 17.7. The number of carbonyl (C=O) groups excluding carboxylic acids is 2. The minimum atomic E-state index is -0.381. The van der Waals surface area contributed by atoms with Gasteiger partial charge in [-0.15, -0.1) is 0 Å². The van der Waals surface area contributed by atoms with Crippen molar-refractivity contribution in [3.05, 3.63) is 59.0 Å². The van der Waals surface area contributed by atoms with Crippen LogP contribution in [-0.2, 0) is 9.53 Å². The van der Waals surface area contributed by atoms with E-state index in [4.69, 9.17) is 21.1 Å². The van der Waals surface area contributed by atoms with Gasteiger partial charge in [-0.2, -0.15) is 0 Å². The Morgan fingerprint density at radius 1 is 1.12 bits per heavy atom. The number of carbonyl (C=O) groups is 2. The van der Waals surface area contributed by atoms with Crippen LogP contribution in [0.2, 0.25) is 5.02 Å². The summed E-state index contributed by atoms with van der Waals surface area (Å²) in [4.78, 5) is 32.4. The van der Waals surface area contributed by atoms with Gasteiger partial charge in [-0.3, -0.25) is 9.59 Å². The molecule has 6 nitrogen and oxygen atoms in total. The molecule has 0 N–H and O–H groups in total. The Labute approximate surface area is 191 Å². The lowest BCUT2D eigenvalue weighted by Crippen LogP contribution is -2.51. The number of hydrogen-bond acceptors (Lipinski definition) is 5. The number of morpholine rings is 1. The molecule has 32 heavy (non-hydrogen) atoms. The van der Waals surface area contributed by atoms with Gasteiger partial charge in [0.1, 0.15) is 18.5 Å². The highest BCUT2D eigenvalue weighted by molar-refractivity contribution is 6.30. The Hall–Kier alpha value is -2.51. The molecule has 0 bridgehead atoms. The number of ether oxygens (including phenoxy) is 2. The van der Waals surface area contributed by atoms with Crippen LogP contribution in [0, 0.1) is 17.7 Å². The van der Waals surface area contributed by atoms with Crippen LogP contribution < -0.4 is 4.74 Å². The summed E-state index contributed by atoms with van der Waals surface area (Å²) in [5.41, 5.74) is 0.458. The summed E-state index contributed by atoms with van der Waals surface area (Å²) in [5, 5.41) is 0.528. The molecular formula is C24H26ClFN2O4. The van der Waals surface area contributed by atoms with Gasteiger partial charge in [-0.05, 0) is 43.2 Å². The highest BCUT2D eigenvalue weighted by atomic mass is 35.5. The van der Waals surface area contributed by atoms with E-state index in [2.05, 4.69) is 4.98 Å². The van der Waals surface area contributed by atoms with Crippen molar-refractivity contribution in [3.8, 4) is 5.88 Å². The van der Waals surface area contributed by atoms with Crippen molar-refractivity contribution >= 4 is 23.3 Å². The Morgan fingerprint density at radius 2 is 1.88 bits per heavy atom. The molecule has 1 aromatic carbocycles. The minimum Gasteiger partial charge on any atom is -0.475 e. The summed E-state index contributed by atoms with van der Waals surface area (Å²) >= 11 is 5.84. The van der Waals surface area contributed by atoms with Gasteiger partial charge in [0.15, 0.2) is 5.78 Å². The third-order valence-corrected chi connectivity index (χ3v) is 6.34. The molecule has 1 saturated carbocycles. The lowest BCUT2D eigenvalue weighted by atomic mass is 9.74. The number of Topliss-reactive ketones (excluding diaryl/α,β-unsaturated/α-hetero) is 1. The molecule has 0 spiro atoms. The van der Waals surface area contributed by atoms with Crippen LogP contribution in [-0.4, -0.2) is 54.0 Å². The summed E-state index contributed by atoms with van der Waals surface area (Å²) in [6.45, 7) is 1.57. The van der Waals surface area contributed by atoms with Crippen LogP contribution in [0.1, 0.15) is 36.0 Å². The molecule has 8 heteroatoms. The lowest BCUT2D eigenvalue weighted by molar-refractivity contribution is -0.146. The smallest absolute Gasteiger partial charge is 0.226 e. The first-order valence-corrected chi connectivity index (χ1v) is 11.3. The summed E-state index contributed by atoms with van der Waals surface area (Å²) in [5.74, 6) is -0.767. The lowest BCUT2D eigenvalue weighted by Gasteiger charge is -2.38. The fourth-order valence-electron chi connectivity index (χ4n) is 4.45. The van der Waals surface area contributed by atoms with Gasteiger partial charge in [0.25, 0.3) is 0 Å². The normalized spacial score (nSPS) is 23.6. The first-order valence-electron chi connectivity index (χ1n) is 11.0. The maximum absolute atomic E-state index is 13.4. The van der Waals surface area contributed by atoms with E-state index >= 15 is 0 Å². The van der Waals surface area contributed by atoms with Gasteiger partial charge in [-0.1, -0.05) is 24.4 Å². The number of nitrogens with zero attached hydrogens (tertiary/aromatic N) is 2. The van der Waals surface area contributed by atoms with Crippen LogP contribution in [0.3, 0.4) is 0 Å². The van der Waals surface area contributed by atoms with Crippen molar-refractivity contribution in [2.75, 3.05) is 26.3 Å². The predicted molar refractivity (Wildman–Crippen MR) is 117 cm³/mol. The molecule has 3 unspecified atom stereocenters. The highest BCUT2D eigenvalue weighted by Gasteiger charge is 2.39. The van der Waals surface area contributed by atoms with Crippen LogP contribution in [0.4, 0.5) is 4.39 Å². The molecule has 1 aliphatic heterocycles. The van der Waals surface area contributed by atoms with Crippen molar-refractivity contribution in [2.45, 2.75) is 31.8 Å². The topological polar surface area (TPSA) is 68.7 Å². The van der Waals surface area contributed by atoms with Crippen LogP contribution in [0.5, 0.6) is 5.88 Å². The molecular weight excluding hydrogens is 435 g/mol. The van der Waals surface area contributed by atoms with Gasteiger partial charge >= 0.3 is 0 Å². The molecule has 2 fully saturated rings. The third-order valence-electron chi connectivity index (χ3n) is 6.12. The molecule has 2 aliphatic rings. The van der Waals surface area contributed by atoms with Crippen LogP contribution in [0.25, 0.3) is 0 Å². The number of halogens is 2. The second kappa shape index (κ2) is 10.4. The van der Waals surface area contributed by atoms with E-state index in [0.29, 0.717) is 49.0 Å². The zero-order valence-corrected chi connectivity index (χ0v) is 18.5. The van der Waals surface area contributed by atoms with E-state index in [1.54, 1.807) is 17.0 Å². The van der Waals surface area contributed by atoms with E-state index in [0.717, 1.165) is 12.8 Å². The molecule has 1 aliphatic carbocycles. The molecule has 1 amide bonds. The van der Waals surface area contributed by atoms with Crippen molar-refractivity contribution in [2.24, 2.45) is 11.8 Å². The Balaban J connectivity index is 1.39. The maximum atomic E-state index is 13.4. The second-order valence-corrected chi connectivity index (χ2v) is 8.71. The van der Waals surface area contributed by atoms with E-state index in [1.807, 2.05) is 0 Å². The summed E-state index contributed by atoms with van der Waals surface area (Å²) in [7, 11) is 0. The molecule has 1 aromatic heterocycles. The van der Waals surface area contributed by atoms with E-state index in [1.165, 1.54) is 30.5 Å². The number of hydrogen-bond donors (Lipinski definition) is 0. The van der Waals surface area contributed by atoms with Crippen LogP contribution >= 0.6 is 11.6 Å². The Bertz CT molecular complexity index is 938. The number of ketones is 1. The molecule has 4 rings (SSSR count). The number of benzene rings is 1. The van der Waals surface area contributed by atoms with Crippen LogP contribution in [0.15, 0.2) is 42.6 Å². The van der Waals surface area contributed by atoms with Gasteiger partial charge < -0.3 is 14.4 Å². The standard InChI is InChI=1S/C24H26ClFN2O4/c25-17-7-10-22(27-13-17)32-15-19-14-28(11-12-31-19)24(30)21-4-2-1-3-20(21)23(29)16-5-8-18(26)9-6-16/h5-10,13,19-21H,1-4,11-12,14-15H2. The zero-order chi connectivity index (χ0) is 22.5. The van der Waals surface area contributed by atoms with Gasteiger partial charge in [0, 0.05) is 36.2 Å². The van der Waals surface area contributed by atoms with Crippen molar-refractivity contribution < 1.29 is 23.5 Å². The number of rotatable bonds is 6. The molecule has 2 aromatic rings. The highest BCUT2D eigenvalue weighted by Crippen LogP contribution is 2.34. The van der Waals surface area contributed by atoms with E-state index in [-0.39, 0.29) is 42.1 Å². The fourth-order valence-corrected chi connectivity index (χ4v) is 4.56. The number of amides is 1. The molecule has 170 valence electrons. The number of aromatic nitrogens is 1. The fraction of sp³-hybridized carbons (Fsp3) is 0.458. The average molecular weight is 461 g/mol. The largest absolute Gasteiger partial charge is 0.475 e. The Morgan fingerprint density at radius 3 is 2.59 bits per heavy atom. The summed E-state index contributed by atoms with van der Waals surface area (Å²) in [6.07, 6.45) is 4.42. The quantitative estimate of drug-likeness (QED) is 0.605. The summed E-state index contributed by atoms with van der Waals surface area (Å²) < 4.78 is 24.7. The summed E-state index contributed by atoms with van der Waals surface area (Å²) in [6, 6.07) is 8.95. The van der Waals surface area contributed by atoms with Gasteiger partial charge in [0.2, 0.25) is 11.8 Å². The number of pyridine rings is 1. The molecule has 3 atom stereocenters. The van der Waals surface area contributed by atoms with Gasteiger partial charge in [-0.25, -0.2) is 9.37 Å². The van der Waals surface area contributed by atoms with Crippen molar-refractivity contribution in [3.63, 3.8) is 0 Å². The second-order valence-electron chi connectivity index (χ2n) is 8.27. The Kier molecular flexibility index (Phi) is 7.37. The molecule has 2 heterocycles. The van der Waals surface area contributed by atoms with Crippen molar-refractivity contribution in [1.82, 2.24) is 9.88 Å². The van der Waals surface area contributed by atoms with Gasteiger partial charge in [0.05, 0.1) is 18.2 Å². The minimum absolute atomic E-state index is 0.0110. The average Bonchev–Trinajstić information content (AvgIpc) is 2.83. The predicted octanol–water partition coefficient (Wildman–Crippen LogP) is 4.17. The van der Waals surface area contributed by atoms with E-state index < -0.39 is 0 Å². The molecule has 1 saturated heterocycles. The van der Waals surface area contributed by atoms with E-state index in [9.17, 15) is 14.0 Å². The third kappa shape index (κ3) is 5.45. The first-order chi connectivity index (χ1) is 15.5. The SMILES string of the molecule is O=C(c1ccc(F)cc1)C1CCCCC1C(=O)N1CCOC(COc2ccc(Cl)cn2)C1. The first kappa shape index (κ1) is 22.7.